The van der Waals surface area contributed by atoms with Crippen LogP contribution in [0.3, 0.4) is 0 Å². The number of aryl methyl sites for hydroxylation is 1. The third kappa shape index (κ3) is 4.39. The molecule has 0 aliphatic carbocycles. The molecule has 0 unspecified atom stereocenters. The number of methoxy groups -OCH3 is 1. The predicted octanol–water partition coefficient (Wildman–Crippen LogP) is 2.85. The Kier molecular flexibility index (Phi) is 5.05. The Hall–Kier alpha value is -2.21. The van der Waals surface area contributed by atoms with Gasteiger partial charge in [-0.05, 0) is 24.1 Å². The van der Waals surface area contributed by atoms with Gasteiger partial charge >= 0.3 is 6.01 Å². The highest BCUT2D eigenvalue weighted by molar-refractivity contribution is 6.30. The smallest absolute Gasteiger partial charge is 0.316 e. The maximum atomic E-state index is 13.0. The SMILES string of the molecule is COc1ncc(NC(=O)CCc2ccc(F)c(Cl)c2)cn1. The largest absolute Gasteiger partial charge is 0.467 e. The summed E-state index contributed by atoms with van der Waals surface area (Å²) in [6.45, 7) is 0. The lowest BCUT2D eigenvalue weighted by molar-refractivity contribution is -0.116. The molecule has 1 aromatic heterocycles. The fourth-order valence-electron chi connectivity index (χ4n) is 1.66. The molecule has 0 bridgehead atoms. The van der Waals surface area contributed by atoms with E-state index in [-0.39, 0.29) is 23.4 Å². The molecule has 1 N–H and O–H groups in total. The second-order valence-corrected chi connectivity index (χ2v) is 4.66. The molecule has 110 valence electrons. The lowest BCUT2D eigenvalue weighted by atomic mass is 10.1. The van der Waals surface area contributed by atoms with Gasteiger partial charge in [0.15, 0.2) is 0 Å². The van der Waals surface area contributed by atoms with E-state index in [0.717, 1.165) is 5.56 Å². The predicted molar refractivity (Wildman–Crippen MR) is 76.9 cm³/mol. The minimum absolute atomic E-state index is 0.0523. The highest BCUT2D eigenvalue weighted by Crippen LogP contribution is 2.17. The average molecular weight is 310 g/mol. The van der Waals surface area contributed by atoms with Crippen LogP contribution in [0.2, 0.25) is 5.02 Å². The molecule has 0 aliphatic heterocycles. The van der Waals surface area contributed by atoms with Gasteiger partial charge in [-0.15, -0.1) is 0 Å². The maximum absolute atomic E-state index is 13.0. The summed E-state index contributed by atoms with van der Waals surface area (Å²) in [5, 5.41) is 2.72. The van der Waals surface area contributed by atoms with Crippen molar-refractivity contribution in [2.75, 3.05) is 12.4 Å². The summed E-state index contributed by atoms with van der Waals surface area (Å²) in [6.07, 6.45) is 3.62. The number of hydrogen-bond acceptors (Lipinski definition) is 4. The fraction of sp³-hybridized carbons (Fsp3) is 0.214. The Balaban J connectivity index is 1.87. The molecular formula is C14H13ClFN3O2. The van der Waals surface area contributed by atoms with E-state index in [1.807, 2.05) is 0 Å². The van der Waals surface area contributed by atoms with Crippen LogP contribution in [0.4, 0.5) is 10.1 Å². The summed E-state index contributed by atoms with van der Waals surface area (Å²) in [7, 11) is 1.46. The number of nitrogens with one attached hydrogen (secondary N) is 1. The number of benzene rings is 1. The molecule has 5 nitrogen and oxygen atoms in total. The van der Waals surface area contributed by atoms with Gasteiger partial charge in [-0.25, -0.2) is 14.4 Å². The molecule has 7 heteroatoms. The van der Waals surface area contributed by atoms with Crippen LogP contribution in [0.25, 0.3) is 0 Å². The molecule has 2 rings (SSSR count). The first-order chi connectivity index (χ1) is 10.1. The number of ether oxygens (including phenoxy) is 1. The van der Waals surface area contributed by atoms with Gasteiger partial charge in [0.2, 0.25) is 5.91 Å². The number of hydrogen-bond donors (Lipinski definition) is 1. The molecule has 0 fully saturated rings. The van der Waals surface area contributed by atoms with E-state index in [0.29, 0.717) is 12.1 Å². The maximum Gasteiger partial charge on any atom is 0.316 e. The van der Waals surface area contributed by atoms with Crippen molar-refractivity contribution in [1.82, 2.24) is 9.97 Å². The Morgan fingerprint density at radius 2 is 2.10 bits per heavy atom. The van der Waals surface area contributed by atoms with Gasteiger partial charge in [-0.3, -0.25) is 4.79 Å². The van der Waals surface area contributed by atoms with E-state index in [2.05, 4.69) is 15.3 Å². The van der Waals surface area contributed by atoms with Gasteiger partial charge in [-0.2, -0.15) is 0 Å². The normalized spacial score (nSPS) is 10.2. The number of rotatable bonds is 5. The van der Waals surface area contributed by atoms with Crippen LogP contribution in [-0.2, 0) is 11.2 Å². The third-order valence-electron chi connectivity index (χ3n) is 2.72. The Bertz CT molecular complexity index is 635. The number of carbonyl (C=O) groups excluding carboxylic acids is 1. The van der Waals surface area contributed by atoms with Gasteiger partial charge in [0, 0.05) is 6.42 Å². The number of anilines is 1. The van der Waals surface area contributed by atoms with E-state index in [1.54, 1.807) is 6.07 Å². The molecule has 1 amide bonds. The summed E-state index contributed by atoms with van der Waals surface area (Å²) < 4.78 is 17.8. The highest BCUT2D eigenvalue weighted by Gasteiger charge is 2.06. The lowest BCUT2D eigenvalue weighted by Gasteiger charge is -2.05. The van der Waals surface area contributed by atoms with Crippen LogP contribution < -0.4 is 10.1 Å². The van der Waals surface area contributed by atoms with Crippen LogP contribution in [0, 0.1) is 5.82 Å². The van der Waals surface area contributed by atoms with Crippen molar-refractivity contribution in [2.24, 2.45) is 0 Å². The molecule has 0 saturated carbocycles. The zero-order chi connectivity index (χ0) is 15.2. The molecule has 0 atom stereocenters. The summed E-state index contributed by atoms with van der Waals surface area (Å²) in [6, 6.07) is 4.63. The van der Waals surface area contributed by atoms with E-state index in [4.69, 9.17) is 16.3 Å². The first-order valence-electron chi connectivity index (χ1n) is 6.18. The van der Waals surface area contributed by atoms with Crippen molar-refractivity contribution in [3.05, 3.63) is 47.0 Å². The zero-order valence-corrected chi connectivity index (χ0v) is 12.0. The minimum Gasteiger partial charge on any atom is -0.467 e. The summed E-state index contributed by atoms with van der Waals surface area (Å²) in [5.41, 5.74) is 1.28. The standard InChI is InChI=1S/C14H13ClFN3O2/c1-21-14-17-7-10(8-18-14)19-13(20)5-3-9-2-4-12(16)11(15)6-9/h2,4,6-8H,3,5H2,1H3,(H,19,20). The number of halogens is 2. The quantitative estimate of drug-likeness (QED) is 0.922. The summed E-state index contributed by atoms with van der Waals surface area (Å²) in [4.78, 5) is 19.6. The van der Waals surface area contributed by atoms with Crippen molar-refractivity contribution in [3.8, 4) is 6.01 Å². The van der Waals surface area contributed by atoms with Crippen molar-refractivity contribution in [3.63, 3.8) is 0 Å². The number of amides is 1. The molecule has 1 aromatic carbocycles. The molecule has 0 saturated heterocycles. The van der Waals surface area contributed by atoms with Crippen LogP contribution in [0.1, 0.15) is 12.0 Å². The Labute approximate surface area is 126 Å². The first kappa shape index (κ1) is 15.2. The molecule has 0 aliphatic rings. The van der Waals surface area contributed by atoms with Gasteiger partial charge < -0.3 is 10.1 Å². The van der Waals surface area contributed by atoms with Gasteiger partial charge in [0.05, 0.1) is 30.2 Å². The van der Waals surface area contributed by atoms with Crippen molar-refractivity contribution in [1.29, 1.82) is 0 Å². The molecule has 21 heavy (non-hydrogen) atoms. The van der Waals surface area contributed by atoms with Crippen molar-refractivity contribution < 1.29 is 13.9 Å². The van der Waals surface area contributed by atoms with E-state index >= 15 is 0 Å². The number of aromatic nitrogens is 2. The van der Waals surface area contributed by atoms with Crippen LogP contribution in [-0.4, -0.2) is 23.0 Å². The molecule has 1 heterocycles. The minimum atomic E-state index is -0.472. The topological polar surface area (TPSA) is 64.1 Å². The van der Waals surface area contributed by atoms with Gasteiger partial charge in [0.1, 0.15) is 5.82 Å². The summed E-state index contributed by atoms with van der Waals surface area (Å²) in [5.74, 6) is -0.663. The van der Waals surface area contributed by atoms with E-state index in [1.165, 1.54) is 31.6 Å². The number of nitrogens with zero attached hydrogens (tertiary/aromatic N) is 2. The third-order valence-corrected chi connectivity index (χ3v) is 3.01. The second kappa shape index (κ2) is 6.99. The van der Waals surface area contributed by atoms with Gasteiger partial charge in [-0.1, -0.05) is 17.7 Å². The molecule has 0 spiro atoms. The van der Waals surface area contributed by atoms with Gasteiger partial charge in [0.25, 0.3) is 0 Å². The Morgan fingerprint density at radius 1 is 1.38 bits per heavy atom. The van der Waals surface area contributed by atoms with E-state index < -0.39 is 5.82 Å². The zero-order valence-electron chi connectivity index (χ0n) is 11.3. The highest BCUT2D eigenvalue weighted by atomic mass is 35.5. The van der Waals surface area contributed by atoms with E-state index in [9.17, 15) is 9.18 Å². The van der Waals surface area contributed by atoms with Crippen LogP contribution >= 0.6 is 11.6 Å². The lowest BCUT2D eigenvalue weighted by Crippen LogP contribution is -2.12. The summed E-state index contributed by atoms with van der Waals surface area (Å²) >= 11 is 5.68. The molecule has 0 radical (unpaired) electrons. The molecular weight excluding hydrogens is 297 g/mol. The Morgan fingerprint density at radius 3 is 2.71 bits per heavy atom. The van der Waals surface area contributed by atoms with Crippen LogP contribution in [0.15, 0.2) is 30.6 Å². The second-order valence-electron chi connectivity index (χ2n) is 4.26. The average Bonchev–Trinajstić information content (AvgIpc) is 2.49. The van der Waals surface area contributed by atoms with Crippen molar-refractivity contribution >= 4 is 23.2 Å². The van der Waals surface area contributed by atoms with Crippen molar-refractivity contribution in [2.45, 2.75) is 12.8 Å². The van der Waals surface area contributed by atoms with Crippen LogP contribution in [0.5, 0.6) is 6.01 Å². The monoisotopic (exact) mass is 309 g/mol. The fourth-order valence-corrected chi connectivity index (χ4v) is 1.87. The first-order valence-corrected chi connectivity index (χ1v) is 6.56. The number of carbonyl (C=O) groups is 1. The molecule has 2 aromatic rings.